The standard InChI is InChI=1S/C72H95N3O12S/c1-4-7-8-9-10-11-12-13-14-21-46-75(72-74-65-26-19-20-27-67(65)88-72)73-52-59-51-64(84-53-55-28-32-57(33-29-55)70(78)86-62-40-36-60(37-41-62)80-47-22-15-17-24-49-82-68(76)5-2)44-45-66(59)85-54-56-30-34-58(35-31-56)71(79)87-63-42-38-61(39-43-63)81-48-23-16-18-25-50-83-69(77)6-3/h5-6,19-20,26-27,36-45,51-52,55-58H,2-4,7-18,21-25,28-35,46-50,53-54H2,1H3/b73-52+. The van der Waals surface area contributed by atoms with Crippen LogP contribution in [0.3, 0.4) is 0 Å². The fraction of sp³-hybridized carbons (Fsp3) is 0.528. The second kappa shape index (κ2) is 39.6. The number of hydrogen-bond donors (Lipinski definition) is 0. The third-order valence-corrected chi connectivity index (χ3v) is 17.4. The fourth-order valence-corrected chi connectivity index (χ4v) is 12.0. The third-order valence-electron chi connectivity index (χ3n) is 16.4. The molecule has 1 heterocycles. The van der Waals surface area contributed by atoms with E-state index in [0.29, 0.717) is 56.9 Å². The molecule has 0 unspecified atom stereocenters. The van der Waals surface area contributed by atoms with Crippen LogP contribution in [0.1, 0.15) is 179 Å². The number of fused-ring (bicyclic) bond motifs is 1. The molecule has 16 heteroatoms. The van der Waals surface area contributed by atoms with Gasteiger partial charge in [0.15, 0.2) is 0 Å². The molecule has 2 aliphatic rings. The minimum atomic E-state index is -0.393. The number of carbonyl (C=O) groups excluding carboxylic acids is 4. The minimum absolute atomic E-state index is 0.179. The molecule has 0 bridgehead atoms. The van der Waals surface area contributed by atoms with Crippen molar-refractivity contribution in [2.45, 2.75) is 174 Å². The maximum Gasteiger partial charge on any atom is 0.330 e. The third kappa shape index (κ3) is 25.1. The van der Waals surface area contributed by atoms with E-state index in [1.165, 1.54) is 63.5 Å². The molecule has 2 aliphatic carbocycles. The molecule has 2 fully saturated rings. The summed E-state index contributed by atoms with van der Waals surface area (Å²) in [5, 5.41) is 8.06. The molecule has 2 saturated carbocycles. The molecule has 5 aromatic rings. The molecular weight excluding hydrogens is 1130 g/mol. The predicted molar refractivity (Wildman–Crippen MR) is 349 cm³/mol. The second-order valence-corrected chi connectivity index (χ2v) is 24.3. The van der Waals surface area contributed by atoms with Gasteiger partial charge in [0.05, 0.1) is 67.9 Å². The molecular formula is C72H95N3O12S. The number of hydrogen-bond acceptors (Lipinski definition) is 16. The van der Waals surface area contributed by atoms with Crippen LogP contribution < -0.4 is 33.4 Å². The molecule has 0 atom stereocenters. The van der Waals surface area contributed by atoms with Gasteiger partial charge in [0.2, 0.25) is 5.13 Å². The highest BCUT2D eigenvalue weighted by Crippen LogP contribution is 2.35. The van der Waals surface area contributed by atoms with Crippen molar-refractivity contribution in [2.24, 2.45) is 28.8 Å². The molecule has 0 amide bonds. The Morgan fingerprint density at radius 1 is 0.523 bits per heavy atom. The largest absolute Gasteiger partial charge is 0.494 e. The lowest BCUT2D eigenvalue weighted by molar-refractivity contribution is -0.141. The van der Waals surface area contributed by atoms with Crippen molar-refractivity contribution in [1.29, 1.82) is 0 Å². The van der Waals surface area contributed by atoms with Crippen LogP contribution in [0.2, 0.25) is 0 Å². The molecule has 4 aromatic carbocycles. The zero-order chi connectivity index (χ0) is 61.8. The van der Waals surface area contributed by atoms with Crippen LogP contribution in [-0.4, -0.2) is 81.3 Å². The second-order valence-electron chi connectivity index (χ2n) is 23.3. The van der Waals surface area contributed by atoms with Gasteiger partial charge in [-0.15, -0.1) is 0 Å². The number of thiazole rings is 1. The summed E-state index contributed by atoms with van der Waals surface area (Å²) in [6, 6.07) is 28.6. The number of hydrazone groups is 1. The summed E-state index contributed by atoms with van der Waals surface area (Å²) in [6.07, 6.45) is 30.2. The summed E-state index contributed by atoms with van der Waals surface area (Å²) in [5.41, 5.74) is 1.77. The van der Waals surface area contributed by atoms with E-state index in [1.807, 2.05) is 65.8 Å². The zero-order valence-electron chi connectivity index (χ0n) is 52.1. The van der Waals surface area contributed by atoms with Crippen molar-refractivity contribution >= 4 is 56.8 Å². The molecule has 0 saturated heterocycles. The van der Waals surface area contributed by atoms with E-state index in [9.17, 15) is 19.2 Å². The van der Waals surface area contributed by atoms with E-state index < -0.39 is 11.9 Å². The number of carbonyl (C=O) groups is 4. The van der Waals surface area contributed by atoms with Crippen molar-refractivity contribution in [3.05, 3.63) is 122 Å². The molecule has 1 aromatic heterocycles. The lowest BCUT2D eigenvalue weighted by Gasteiger charge is -2.28. The summed E-state index contributed by atoms with van der Waals surface area (Å²) in [7, 11) is 0. The highest BCUT2D eigenvalue weighted by molar-refractivity contribution is 7.22. The highest BCUT2D eigenvalue weighted by atomic mass is 32.1. The van der Waals surface area contributed by atoms with Gasteiger partial charge in [-0.05, 0) is 200 Å². The smallest absolute Gasteiger partial charge is 0.330 e. The molecule has 0 spiro atoms. The van der Waals surface area contributed by atoms with Crippen LogP contribution in [-0.2, 0) is 28.7 Å². The first-order chi connectivity index (χ1) is 43.2. The van der Waals surface area contributed by atoms with Gasteiger partial charge in [-0.2, -0.15) is 5.10 Å². The van der Waals surface area contributed by atoms with E-state index in [2.05, 4.69) is 32.2 Å². The first-order valence-corrected chi connectivity index (χ1v) is 33.5. The van der Waals surface area contributed by atoms with Gasteiger partial charge in [-0.25, -0.2) is 19.6 Å². The maximum atomic E-state index is 13.4. The van der Waals surface area contributed by atoms with E-state index in [4.69, 9.17) is 48.0 Å². The van der Waals surface area contributed by atoms with Gasteiger partial charge >= 0.3 is 23.9 Å². The van der Waals surface area contributed by atoms with E-state index in [0.717, 1.165) is 160 Å². The zero-order valence-corrected chi connectivity index (χ0v) is 52.9. The van der Waals surface area contributed by atoms with Crippen molar-refractivity contribution in [3.63, 3.8) is 0 Å². The number of rotatable bonds is 42. The molecule has 0 aliphatic heterocycles. The van der Waals surface area contributed by atoms with Crippen LogP contribution in [0, 0.1) is 23.7 Å². The summed E-state index contributed by atoms with van der Waals surface area (Å²) in [6.45, 7) is 12.8. The Bertz CT molecular complexity index is 2860. The van der Waals surface area contributed by atoms with Crippen LogP contribution in [0.25, 0.3) is 10.2 Å². The number of benzene rings is 4. The van der Waals surface area contributed by atoms with Crippen LogP contribution in [0.4, 0.5) is 5.13 Å². The van der Waals surface area contributed by atoms with Gasteiger partial charge in [-0.3, -0.25) is 9.59 Å². The molecule has 7 rings (SSSR count). The number of ether oxygens (including phenoxy) is 8. The van der Waals surface area contributed by atoms with Crippen molar-refractivity contribution < 1.29 is 57.1 Å². The van der Waals surface area contributed by atoms with Crippen LogP contribution in [0.15, 0.2) is 121 Å². The lowest BCUT2D eigenvalue weighted by atomic mass is 9.82. The topological polar surface area (TPSA) is 171 Å². The Balaban J connectivity index is 0.899. The quantitative estimate of drug-likeness (QED) is 0.00902. The Kier molecular flexibility index (Phi) is 30.8. The minimum Gasteiger partial charge on any atom is -0.494 e. The molecule has 15 nitrogen and oxygen atoms in total. The van der Waals surface area contributed by atoms with E-state index in [1.54, 1.807) is 35.6 Å². The Morgan fingerprint density at radius 3 is 1.49 bits per heavy atom. The van der Waals surface area contributed by atoms with Gasteiger partial charge in [-0.1, -0.05) is 101 Å². The Labute approximate surface area is 526 Å². The van der Waals surface area contributed by atoms with Crippen LogP contribution >= 0.6 is 11.3 Å². The van der Waals surface area contributed by atoms with Crippen LogP contribution in [0.5, 0.6) is 34.5 Å². The number of nitrogens with zero attached hydrogens (tertiary/aromatic N) is 3. The SMILES string of the molecule is C=CC(=O)OCCCCCCOc1ccc(OC(=O)C2CCC(COc3ccc(OCC4CCC(C(=O)Oc5ccc(OCCCCCCOC(=O)C=C)cc5)CC4)c(/C=N/N(CCCCCCCCCCCC)c4nc5ccccc5s4)c3)CC2)cc1. The number of esters is 4. The first kappa shape index (κ1) is 68.3. The fourth-order valence-electron chi connectivity index (χ4n) is 11.0. The summed E-state index contributed by atoms with van der Waals surface area (Å²) in [4.78, 5) is 54.1. The highest BCUT2D eigenvalue weighted by Gasteiger charge is 2.30. The maximum absolute atomic E-state index is 13.4. The van der Waals surface area contributed by atoms with Gasteiger partial charge in [0.1, 0.15) is 34.5 Å². The summed E-state index contributed by atoms with van der Waals surface area (Å²) < 4.78 is 47.9. The average molecular weight is 1230 g/mol. The monoisotopic (exact) mass is 1230 g/mol. The normalized spacial score (nSPS) is 16.6. The number of aromatic nitrogens is 1. The van der Waals surface area contributed by atoms with Gasteiger partial charge in [0, 0.05) is 24.3 Å². The molecule has 476 valence electrons. The van der Waals surface area contributed by atoms with Gasteiger partial charge < -0.3 is 37.9 Å². The first-order valence-electron chi connectivity index (χ1n) is 32.7. The van der Waals surface area contributed by atoms with Crippen molar-refractivity contribution in [1.82, 2.24) is 4.98 Å². The average Bonchev–Trinajstić information content (AvgIpc) is 3.65. The van der Waals surface area contributed by atoms with E-state index >= 15 is 0 Å². The summed E-state index contributed by atoms with van der Waals surface area (Å²) in [5.74, 6) is 2.87. The van der Waals surface area contributed by atoms with Crippen molar-refractivity contribution in [3.8, 4) is 34.5 Å². The number of anilines is 1. The lowest BCUT2D eigenvalue weighted by Crippen LogP contribution is -2.28. The predicted octanol–water partition coefficient (Wildman–Crippen LogP) is 17.0. The van der Waals surface area contributed by atoms with Gasteiger partial charge in [0.25, 0.3) is 0 Å². The number of para-hydroxylation sites is 1. The molecule has 0 N–H and O–H groups in total. The Hall–Kier alpha value is -7.20. The molecule has 88 heavy (non-hydrogen) atoms. The molecule has 0 radical (unpaired) electrons. The Morgan fingerprint density at radius 2 is 0.977 bits per heavy atom. The summed E-state index contributed by atoms with van der Waals surface area (Å²) >= 11 is 1.65. The van der Waals surface area contributed by atoms with E-state index in [-0.39, 0.29) is 35.6 Å². The van der Waals surface area contributed by atoms with Crippen molar-refractivity contribution in [2.75, 3.05) is 51.2 Å². The number of unbranched alkanes of at least 4 members (excludes halogenated alkanes) is 15.